The number of fused-ring (bicyclic) bond motifs is 1. The maximum Gasteiger partial charge on any atom is 0.257 e. The quantitative estimate of drug-likeness (QED) is 0.480. The average Bonchev–Trinajstić information content (AvgIpc) is 2.84. The molecule has 0 aromatic heterocycles. The van der Waals surface area contributed by atoms with E-state index in [1.54, 1.807) is 36.4 Å². The van der Waals surface area contributed by atoms with Crippen molar-refractivity contribution in [1.29, 1.82) is 0 Å². The van der Waals surface area contributed by atoms with Gasteiger partial charge < -0.3 is 30.0 Å². The molecule has 8 nitrogen and oxygen atoms in total. The van der Waals surface area contributed by atoms with E-state index in [9.17, 15) is 9.59 Å². The van der Waals surface area contributed by atoms with Crippen LogP contribution in [0.3, 0.4) is 0 Å². The van der Waals surface area contributed by atoms with Crippen LogP contribution in [0.15, 0.2) is 48.5 Å². The number of halogens is 1. The molecule has 1 amide bonds. The number of nitrogens with one attached hydrogen (secondary N) is 1. The largest absolute Gasteiger partial charge is 0.493 e. The van der Waals surface area contributed by atoms with Crippen LogP contribution in [0.4, 0.5) is 11.4 Å². The number of nitrogens with two attached hydrogens (primary N) is 1. The molecule has 0 spiro atoms. The molecule has 3 aromatic rings. The first-order chi connectivity index (χ1) is 16.4. The second-order valence-electron chi connectivity index (χ2n) is 7.57. The molecule has 0 saturated heterocycles. The first-order valence-corrected chi connectivity index (χ1v) is 10.7. The van der Waals surface area contributed by atoms with E-state index in [1.807, 2.05) is 6.07 Å². The molecule has 1 aliphatic rings. The van der Waals surface area contributed by atoms with Crippen LogP contribution in [0.1, 0.15) is 38.8 Å². The normalized spacial score (nSPS) is 14.6. The molecule has 0 bridgehead atoms. The molecule has 0 fully saturated rings. The minimum absolute atomic E-state index is 0.0806. The van der Waals surface area contributed by atoms with E-state index in [-0.39, 0.29) is 23.5 Å². The monoisotopic (exact) mass is 482 g/mol. The van der Waals surface area contributed by atoms with Crippen LogP contribution in [0.5, 0.6) is 23.0 Å². The van der Waals surface area contributed by atoms with Gasteiger partial charge in [0.15, 0.2) is 17.3 Å². The smallest absolute Gasteiger partial charge is 0.257 e. The van der Waals surface area contributed by atoms with Gasteiger partial charge in [-0.3, -0.25) is 9.59 Å². The highest BCUT2D eigenvalue weighted by atomic mass is 35.5. The maximum absolute atomic E-state index is 13.1. The third-order valence-electron chi connectivity index (χ3n) is 5.46. The lowest BCUT2D eigenvalue weighted by Gasteiger charge is -2.28. The number of rotatable bonds is 6. The van der Waals surface area contributed by atoms with E-state index >= 15 is 0 Å². The van der Waals surface area contributed by atoms with Gasteiger partial charge in [-0.2, -0.15) is 0 Å². The molecule has 176 valence electrons. The highest BCUT2D eigenvalue weighted by Gasteiger charge is 2.34. The van der Waals surface area contributed by atoms with Crippen LogP contribution in [-0.2, 0) is 0 Å². The van der Waals surface area contributed by atoms with E-state index in [4.69, 9.17) is 36.3 Å². The first-order valence-electron chi connectivity index (χ1n) is 10.4. The Kier molecular flexibility index (Phi) is 6.51. The van der Waals surface area contributed by atoms with Crippen LogP contribution in [0, 0.1) is 0 Å². The van der Waals surface area contributed by atoms with Crippen molar-refractivity contribution in [2.24, 2.45) is 0 Å². The van der Waals surface area contributed by atoms with Crippen molar-refractivity contribution in [1.82, 2.24) is 0 Å². The number of hydrogen-bond acceptors (Lipinski definition) is 7. The standard InChI is InChI=1S/C25H23ClN2O6/c1-31-21-12-20-22(24(33-3)23(21)32-2)18(29)11-19(34-20)13-5-4-6-15(9-13)28-25(30)16-10-14(27)7-8-17(16)26/h4-10,12,19H,11,27H2,1-3H3,(H,28,30). The number of hydrogen-bond donors (Lipinski definition) is 2. The summed E-state index contributed by atoms with van der Waals surface area (Å²) < 4.78 is 22.4. The van der Waals surface area contributed by atoms with Gasteiger partial charge in [-0.05, 0) is 35.9 Å². The van der Waals surface area contributed by atoms with Crippen LogP contribution in [-0.4, -0.2) is 33.0 Å². The van der Waals surface area contributed by atoms with Crippen molar-refractivity contribution in [3.05, 3.63) is 70.2 Å². The van der Waals surface area contributed by atoms with Crippen LogP contribution < -0.4 is 30.0 Å². The molecule has 1 heterocycles. The summed E-state index contributed by atoms with van der Waals surface area (Å²) in [5.41, 5.74) is 8.01. The molecule has 1 aliphatic heterocycles. The van der Waals surface area contributed by atoms with Crippen molar-refractivity contribution in [3.8, 4) is 23.0 Å². The van der Waals surface area contributed by atoms with Crippen molar-refractivity contribution in [3.63, 3.8) is 0 Å². The molecule has 0 saturated carbocycles. The summed E-state index contributed by atoms with van der Waals surface area (Å²) in [4.78, 5) is 25.8. The molecular weight excluding hydrogens is 460 g/mol. The Morgan fingerprint density at radius 1 is 1.06 bits per heavy atom. The number of nitrogen functional groups attached to an aromatic ring is 1. The second-order valence-corrected chi connectivity index (χ2v) is 7.98. The van der Waals surface area contributed by atoms with Gasteiger partial charge in [0.25, 0.3) is 5.91 Å². The molecule has 0 radical (unpaired) electrons. The van der Waals surface area contributed by atoms with Gasteiger partial charge in [-0.15, -0.1) is 0 Å². The van der Waals surface area contributed by atoms with Gasteiger partial charge in [-0.25, -0.2) is 0 Å². The van der Waals surface area contributed by atoms with Gasteiger partial charge >= 0.3 is 0 Å². The van der Waals surface area contributed by atoms with Crippen molar-refractivity contribution in [2.75, 3.05) is 32.4 Å². The number of amides is 1. The van der Waals surface area contributed by atoms with Gasteiger partial charge in [0.05, 0.1) is 38.3 Å². The summed E-state index contributed by atoms with van der Waals surface area (Å²) in [6.07, 6.45) is -0.493. The molecule has 0 aliphatic carbocycles. The Hall–Kier alpha value is -3.91. The molecular formula is C25H23ClN2O6. The lowest BCUT2D eigenvalue weighted by atomic mass is 9.94. The fourth-order valence-corrected chi connectivity index (χ4v) is 4.08. The summed E-state index contributed by atoms with van der Waals surface area (Å²) in [7, 11) is 4.42. The lowest BCUT2D eigenvalue weighted by molar-refractivity contribution is 0.0842. The molecule has 3 aromatic carbocycles. The minimum atomic E-state index is -0.574. The Labute approximate surface area is 201 Å². The number of ether oxygens (including phenoxy) is 4. The Morgan fingerprint density at radius 3 is 2.53 bits per heavy atom. The minimum Gasteiger partial charge on any atom is -0.493 e. The topological polar surface area (TPSA) is 109 Å². The second kappa shape index (κ2) is 9.52. The molecule has 3 N–H and O–H groups in total. The average molecular weight is 483 g/mol. The predicted molar refractivity (Wildman–Crippen MR) is 129 cm³/mol. The Balaban J connectivity index is 1.63. The number of carbonyl (C=O) groups is 2. The molecule has 4 rings (SSSR count). The van der Waals surface area contributed by atoms with Crippen LogP contribution in [0.2, 0.25) is 5.02 Å². The molecule has 34 heavy (non-hydrogen) atoms. The Morgan fingerprint density at radius 2 is 1.82 bits per heavy atom. The molecule has 1 atom stereocenters. The van der Waals surface area contributed by atoms with Gasteiger partial charge in [0.2, 0.25) is 5.75 Å². The highest BCUT2D eigenvalue weighted by Crippen LogP contribution is 2.49. The number of methoxy groups -OCH3 is 3. The van der Waals surface area contributed by atoms with E-state index in [0.29, 0.717) is 44.8 Å². The van der Waals surface area contributed by atoms with E-state index in [1.165, 1.54) is 27.4 Å². The lowest BCUT2D eigenvalue weighted by Crippen LogP contribution is -2.22. The molecule has 1 unspecified atom stereocenters. The fraction of sp³-hybridized carbons (Fsp3) is 0.200. The van der Waals surface area contributed by atoms with Crippen LogP contribution >= 0.6 is 11.6 Å². The summed E-state index contributed by atoms with van der Waals surface area (Å²) in [5.74, 6) is 0.736. The number of anilines is 2. The zero-order chi connectivity index (χ0) is 24.4. The van der Waals surface area contributed by atoms with Crippen molar-refractivity contribution in [2.45, 2.75) is 12.5 Å². The summed E-state index contributed by atoms with van der Waals surface area (Å²) in [6.45, 7) is 0. The fourth-order valence-electron chi connectivity index (χ4n) is 3.87. The zero-order valence-electron chi connectivity index (χ0n) is 18.8. The summed E-state index contributed by atoms with van der Waals surface area (Å²) in [6, 6.07) is 13.4. The zero-order valence-corrected chi connectivity index (χ0v) is 19.6. The summed E-state index contributed by atoms with van der Waals surface area (Å²) >= 11 is 6.14. The van der Waals surface area contributed by atoms with Gasteiger partial charge in [-0.1, -0.05) is 23.7 Å². The molecule has 9 heteroatoms. The third-order valence-corrected chi connectivity index (χ3v) is 5.79. The summed E-state index contributed by atoms with van der Waals surface area (Å²) in [5, 5.41) is 3.10. The Bertz CT molecular complexity index is 1280. The van der Waals surface area contributed by atoms with E-state index in [2.05, 4.69) is 5.32 Å². The van der Waals surface area contributed by atoms with Crippen molar-refractivity contribution < 1.29 is 28.5 Å². The number of ketones is 1. The predicted octanol–water partition coefficient (Wildman–Crippen LogP) is 4.91. The van der Waals surface area contributed by atoms with Gasteiger partial charge in [0.1, 0.15) is 17.4 Å². The number of Topliss-reactive ketones (excluding diaryl/α,β-unsaturated/α-hetero) is 1. The SMILES string of the molecule is COc1cc2c(c(OC)c1OC)C(=O)CC(c1cccc(NC(=O)c3cc(N)ccc3Cl)c1)O2. The van der Waals surface area contributed by atoms with Gasteiger partial charge in [0, 0.05) is 17.4 Å². The highest BCUT2D eigenvalue weighted by molar-refractivity contribution is 6.34. The van der Waals surface area contributed by atoms with Crippen LogP contribution in [0.25, 0.3) is 0 Å². The van der Waals surface area contributed by atoms with E-state index < -0.39 is 12.0 Å². The van der Waals surface area contributed by atoms with Crippen molar-refractivity contribution >= 4 is 34.7 Å². The third kappa shape index (κ3) is 4.32. The first kappa shape index (κ1) is 23.3. The number of carbonyl (C=O) groups excluding carboxylic acids is 2. The number of benzene rings is 3. The maximum atomic E-state index is 13.1. The van der Waals surface area contributed by atoms with E-state index in [0.717, 1.165) is 0 Å².